The molecule has 1 amide bonds. The number of piperazine rings is 1. The quantitative estimate of drug-likeness (QED) is 0.746. The summed E-state index contributed by atoms with van der Waals surface area (Å²) < 4.78 is 22.5. The van der Waals surface area contributed by atoms with Gasteiger partial charge in [0.25, 0.3) is 0 Å². The van der Waals surface area contributed by atoms with Crippen molar-refractivity contribution in [1.29, 1.82) is 0 Å². The van der Waals surface area contributed by atoms with Crippen LogP contribution in [0.15, 0.2) is 0 Å². The molecule has 1 saturated heterocycles. The summed E-state index contributed by atoms with van der Waals surface area (Å²) in [5.41, 5.74) is 0. The minimum atomic E-state index is -3.29. The molecule has 1 N–H and O–H groups in total. The monoisotopic (exact) mass is 270 g/mol. The van der Waals surface area contributed by atoms with Crippen molar-refractivity contribution in [2.75, 3.05) is 25.9 Å². The molecule has 0 aromatic rings. The summed E-state index contributed by atoms with van der Waals surface area (Å²) in [4.78, 5) is 13.5. The second-order valence-corrected chi connectivity index (χ2v) is 6.42. The third kappa shape index (κ3) is 3.61. The molecule has 16 heavy (non-hydrogen) atoms. The standard InChI is InChI=1S/C9H18N2O3S.ClH/c1-7-6-10-4-5-11(7)9(12)8(2)15(3,13)14;/h7-8,10H,4-6H2,1-3H3;1H/t7-,8?;/m0./s1. The average molecular weight is 271 g/mol. The van der Waals surface area contributed by atoms with E-state index in [0.717, 1.165) is 19.3 Å². The second kappa shape index (κ2) is 5.84. The summed E-state index contributed by atoms with van der Waals surface area (Å²) in [7, 11) is -3.29. The van der Waals surface area contributed by atoms with Crippen LogP contribution >= 0.6 is 12.4 Å². The number of carbonyl (C=O) groups is 1. The van der Waals surface area contributed by atoms with Crippen molar-refractivity contribution < 1.29 is 13.2 Å². The fraction of sp³-hybridized carbons (Fsp3) is 0.889. The maximum atomic E-state index is 11.9. The molecular weight excluding hydrogens is 252 g/mol. The molecule has 1 rings (SSSR count). The van der Waals surface area contributed by atoms with Gasteiger partial charge >= 0.3 is 0 Å². The molecule has 1 unspecified atom stereocenters. The number of rotatable bonds is 2. The topological polar surface area (TPSA) is 66.5 Å². The Bertz CT molecular complexity index is 345. The van der Waals surface area contributed by atoms with Crippen LogP contribution in [0.1, 0.15) is 13.8 Å². The lowest BCUT2D eigenvalue weighted by Crippen LogP contribution is -2.55. The Morgan fingerprint density at radius 2 is 2.06 bits per heavy atom. The molecule has 0 aromatic carbocycles. The van der Waals surface area contributed by atoms with Gasteiger partial charge in [0.05, 0.1) is 0 Å². The Hall–Kier alpha value is -0.330. The molecule has 1 aliphatic rings. The van der Waals surface area contributed by atoms with E-state index in [0.29, 0.717) is 6.54 Å². The Morgan fingerprint density at radius 3 is 2.50 bits per heavy atom. The van der Waals surface area contributed by atoms with Crippen molar-refractivity contribution in [1.82, 2.24) is 10.2 Å². The minimum Gasteiger partial charge on any atom is -0.336 e. The van der Waals surface area contributed by atoms with Crippen molar-refractivity contribution in [3.05, 3.63) is 0 Å². The van der Waals surface area contributed by atoms with E-state index in [4.69, 9.17) is 0 Å². The van der Waals surface area contributed by atoms with Gasteiger partial charge in [-0.15, -0.1) is 12.4 Å². The van der Waals surface area contributed by atoms with Crippen LogP contribution in [0.2, 0.25) is 0 Å². The maximum Gasteiger partial charge on any atom is 0.240 e. The largest absolute Gasteiger partial charge is 0.336 e. The highest BCUT2D eigenvalue weighted by atomic mass is 35.5. The van der Waals surface area contributed by atoms with Gasteiger partial charge in [0.1, 0.15) is 5.25 Å². The van der Waals surface area contributed by atoms with Crippen LogP contribution in [-0.2, 0) is 14.6 Å². The smallest absolute Gasteiger partial charge is 0.240 e. The first-order chi connectivity index (χ1) is 6.84. The average Bonchev–Trinajstić information content (AvgIpc) is 2.15. The zero-order valence-corrected chi connectivity index (χ0v) is 11.4. The molecule has 1 aliphatic heterocycles. The highest BCUT2D eigenvalue weighted by Gasteiger charge is 2.31. The lowest BCUT2D eigenvalue weighted by Gasteiger charge is -2.35. The van der Waals surface area contributed by atoms with Gasteiger partial charge in [-0.05, 0) is 13.8 Å². The lowest BCUT2D eigenvalue weighted by molar-refractivity contribution is -0.133. The predicted molar refractivity (Wildman–Crippen MR) is 65.6 cm³/mol. The summed E-state index contributed by atoms with van der Waals surface area (Å²) in [6.45, 7) is 5.40. The molecule has 0 aromatic heterocycles. The molecule has 5 nitrogen and oxygen atoms in total. The van der Waals surface area contributed by atoms with E-state index in [9.17, 15) is 13.2 Å². The highest BCUT2D eigenvalue weighted by molar-refractivity contribution is 7.92. The number of halogens is 1. The summed E-state index contributed by atoms with van der Waals surface area (Å²) in [6.07, 6.45) is 1.10. The Morgan fingerprint density at radius 1 is 1.50 bits per heavy atom. The van der Waals surface area contributed by atoms with Crippen LogP contribution in [0, 0.1) is 0 Å². The molecule has 1 heterocycles. The first-order valence-electron chi connectivity index (χ1n) is 5.04. The van der Waals surface area contributed by atoms with Gasteiger partial charge < -0.3 is 10.2 Å². The number of amides is 1. The molecule has 7 heteroatoms. The van der Waals surface area contributed by atoms with Gasteiger partial charge in [0, 0.05) is 31.9 Å². The Balaban J connectivity index is 0.00000225. The normalized spacial score (nSPS) is 23.4. The first-order valence-corrected chi connectivity index (χ1v) is 6.99. The predicted octanol–water partition coefficient (Wildman–Crippen LogP) is -0.338. The van der Waals surface area contributed by atoms with Crippen LogP contribution < -0.4 is 5.32 Å². The number of hydrogen-bond donors (Lipinski definition) is 1. The molecule has 0 aliphatic carbocycles. The summed E-state index contributed by atoms with van der Waals surface area (Å²) >= 11 is 0. The van der Waals surface area contributed by atoms with Crippen molar-refractivity contribution >= 4 is 28.2 Å². The Labute approximate surface area is 103 Å². The fourth-order valence-corrected chi connectivity index (χ4v) is 2.09. The highest BCUT2D eigenvalue weighted by Crippen LogP contribution is 2.09. The lowest BCUT2D eigenvalue weighted by atomic mass is 10.2. The third-order valence-electron chi connectivity index (χ3n) is 2.77. The van der Waals surface area contributed by atoms with E-state index < -0.39 is 15.1 Å². The molecule has 0 radical (unpaired) electrons. The van der Waals surface area contributed by atoms with Gasteiger partial charge in [-0.2, -0.15) is 0 Å². The molecular formula is C9H19ClN2O3S. The van der Waals surface area contributed by atoms with Crippen LogP contribution in [0.4, 0.5) is 0 Å². The van der Waals surface area contributed by atoms with E-state index in [1.807, 2.05) is 6.92 Å². The van der Waals surface area contributed by atoms with E-state index in [-0.39, 0.29) is 24.4 Å². The Kier molecular flexibility index (Phi) is 5.72. The van der Waals surface area contributed by atoms with E-state index in [2.05, 4.69) is 5.32 Å². The summed E-state index contributed by atoms with van der Waals surface area (Å²) in [5.74, 6) is -0.286. The van der Waals surface area contributed by atoms with Crippen LogP contribution in [0.5, 0.6) is 0 Å². The van der Waals surface area contributed by atoms with E-state index >= 15 is 0 Å². The first kappa shape index (κ1) is 15.7. The number of nitrogens with zero attached hydrogens (tertiary/aromatic N) is 1. The minimum absolute atomic E-state index is 0. The van der Waals surface area contributed by atoms with E-state index in [1.165, 1.54) is 6.92 Å². The van der Waals surface area contributed by atoms with Crippen LogP contribution in [0.3, 0.4) is 0 Å². The third-order valence-corrected chi connectivity index (χ3v) is 4.26. The van der Waals surface area contributed by atoms with Crippen LogP contribution in [-0.4, -0.2) is 56.4 Å². The molecule has 96 valence electrons. The van der Waals surface area contributed by atoms with Crippen molar-refractivity contribution in [2.24, 2.45) is 0 Å². The van der Waals surface area contributed by atoms with Crippen LogP contribution in [0.25, 0.3) is 0 Å². The fourth-order valence-electron chi connectivity index (χ4n) is 1.59. The second-order valence-electron chi connectivity index (χ2n) is 4.06. The van der Waals surface area contributed by atoms with E-state index in [1.54, 1.807) is 4.90 Å². The van der Waals surface area contributed by atoms with Crippen molar-refractivity contribution in [3.63, 3.8) is 0 Å². The van der Waals surface area contributed by atoms with Gasteiger partial charge in [-0.25, -0.2) is 8.42 Å². The summed E-state index contributed by atoms with van der Waals surface area (Å²) in [5, 5.41) is 2.22. The number of nitrogens with one attached hydrogen (secondary N) is 1. The maximum absolute atomic E-state index is 11.9. The number of carbonyl (C=O) groups excluding carboxylic acids is 1. The molecule has 0 bridgehead atoms. The zero-order valence-electron chi connectivity index (χ0n) is 9.76. The number of sulfone groups is 1. The SMILES string of the molecule is CC(C(=O)N1CCNC[C@@H]1C)S(C)(=O)=O.Cl. The number of hydrogen-bond acceptors (Lipinski definition) is 4. The van der Waals surface area contributed by atoms with Gasteiger partial charge in [-0.1, -0.05) is 0 Å². The van der Waals surface area contributed by atoms with Gasteiger partial charge in [0.15, 0.2) is 9.84 Å². The summed E-state index contributed by atoms with van der Waals surface area (Å²) in [6, 6.07) is 0.0652. The zero-order chi connectivity index (χ0) is 11.6. The molecule has 2 atom stereocenters. The molecule has 0 spiro atoms. The van der Waals surface area contributed by atoms with Gasteiger partial charge in [0.2, 0.25) is 5.91 Å². The van der Waals surface area contributed by atoms with Gasteiger partial charge in [-0.3, -0.25) is 4.79 Å². The molecule has 0 saturated carbocycles. The molecule has 1 fully saturated rings. The van der Waals surface area contributed by atoms with Crippen molar-refractivity contribution in [2.45, 2.75) is 25.1 Å². The van der Waals surface area contributed by atoms with Crippen molar-refractivity contribution in [3.8, 4) is 0 Å².